The second kappa shape index (κ2) is 11.9. The number of aromatic nitrogens is 1. The molecule has 0 bridgehead atoms. The molecule has 6 aromatic carbocycles. The highest BCUT2D eigenvalue weighted by molar-refractivity contribution is 6.05. The summed E-state index contributed by atoms with van der Waals surface area (Å²) in [4.78, 5) is 7.32. The molecule has 236 valence electrons. The quantitative estimate of drug-likeness (QED) is 0.183. The Hall–Kier alpha value is -5.93. The van der Waals surface area contributed by atoms with Gasteiger partial charge in [-0.1, -0.05) is 129 Å². The van der Waals surface area contributed by atoms with Gasteiger partial charge in [0, 0.05) is 28.0 Å². The number of benzene rings is 6. The largest absolute Gasteiger partial charge is 0.436 e. The molecule has 1 aromatic heterocycles. The van der Waals surface area contributed by atoms with E-state index >= 15 is 0 Å². The Labute approximate surface area is 286 Å². The molecule has 0 fully saturated rings. The number of allylic oxidation sites excluding steroid dienone is 8. The lowest BCUT2D eigenvalue weighted by atomic mass is 9.96. The van der Waals surface area contributed by atoms with Gasteiger partial charge in [0.1, 0.15) is 5.52 Å². The van der Waals surface area contributed by atoms with Crippen LogP contribution in [-0.2, 0) is 0 Å². The van der Waals surface area contributed by atoms with Crippen LogP contribution in [0.4, 0.5) is 17.1 Å². The van der Waals surface area contributed by atoms with Crippen molar-refractivity contribution < 1.29 is 4.42 Å². The molecule has 0 amide bonds. The van der Waals surface area contributed by atoms with E-state index < -0.39 is 0 Å². The molecule has 3 nitrogen and oxygen atoms in total. The predicted octanol–water partition coefficient (Wildman–Crippen LogP) is 12.8. The van der Waals surface area contributed by atoms with Crippen LogP contribution >= 0.6 is 0 Å². The fraction of sp³-hybridized carbons (Fsp3) is 0.109. The Balaban J connectivity index is 1.22. The van der Waals surface area contributed by atoms with Gasteiger partial charge in [-0.2, -0.15) is 0 Å². The molecule has 0 spiro atoms. The van der Waals surface area contributed by atoms with Crippen LogP contribution in [0.3, 0.4) is 0 Å². The van der Waals surface area contributed by atoms with E-state index in [-0.39, 0.29) is 0 Å². The fourth-order valence-corrected chi connectivity index (χ4v) is 7.47. The lowest BCUT2D eigenvalue weighted by Crippen LogP contribution is -2.10. The summed E-state index contributed by atoms with van der Waals surface area (Å²) in [6.07, 6.45) is 14.1. The van der Waals surface area contributed by atoms with Crippen LogP contribution in [0.2, 0.25) is 0 Å². The summed E-state index contributed by atoms with van der Waals surface area (Å²) < 4.78 is 6.59. The minimum absolute atomic E-state index is 0.380. The van der Waals surface area contributed by atoms with E-state index in [9.17, 15) is 0 Å². The third-order valence-electron chi connectivity index (χ3n) is 9.98. The Bertz CT molecular complexity index is 2520. The van der Waals surface area contributed by atoms with Crippen molar-refractivity contribution in [3.8, 4) is 11.1 Å². The number of fused-ring (bicyclic) bond motifs is 4. The van der Waals surface area contributed by atoms with Gasteiger partial charge in [-0.3, -0.25) is 0 Å². The van der Waals surface area contributed by atoms with Crippen molar-refractivity contribution in [3.63, 3.8) is 0 Å². The smallest absolute Gasteiger partial charge is 0.223 e. The first-order valence-corrected chi connectivity index (χ1v) is 17.2. The first-order valence-electron chi connectivity index (χ1n) is 17.2. The lowest BCUT2D eigenvalue weighted by Gasteiger charge is -2.27. The van der Waals surface area contributed by atoms with Crippen molar-refractivity contribution in [1.82, 2.24) is 4.98 Å². The number of hydrogen-bond acceptors (Lipinski definition) is 3. The normalized spacial score (nSPS) is 17.2. The van der Waals surface area contributed by atoms with Gasteiger partial charge in [-0.05, 0) is 99.1 Å². The molecule has 49 heavy (non-hydrogen) atoms. The summed E-state index contributed by atoms with van der Waals surface area (Å²) in [6, 6.07) is 43.9. The zero-order chi connectivity index (χ0) is 32.9. The molecule has 0 saturated heterocycles. The summed E-state index contributed by atoms with van der Waals surface area (Å²) in [5, 5.41) is 4.66. The molecule has 0 aliphatic heterocycles. The van der Waals surface area contributed by atoms with Crippen molar-refractivity contribution in [3.05, 3.63) is 169 Å². The standard InChI is InChI=1S/C46H36N2O/c1-30-10-5-16-36(26-30)46-47-44-25-23-33-22-24-39(29-43(33)45(44)49-46)48(37-17-7-14-34(27-37)40-20-6-11-31(40)2)38-18-8-15-35(28-38)42-21-9-13-32-12-3-4-19-41(32)42/h3-25,27-31H,26H2,1-2H3. The van der Waals surface area contributed by atoms with Crippen molar-refractivity contribution in [2.75, 3.05) is 4.90 Å². The van der Waals surface area contributed by atoms with Crippen molar-refractivity contribution >= 4 is 60.9 Å². The van der Waals surface area contributed by atoms with E-state index in [4.69, 9.17) is 9.40 Å². The highest BCUT2D eigenvalue weighted by atomic mass is 16.3. The molecule has 0 radical (unpaired) electrons. The Morgan fingerprint density at radius 3 is 2.18 bits per heavy atom. The molecule has 2 aliphatic carbocycles. The van der Waals surface area contributed by atoms with Gasteiger partial charge in [0.25, 0.3) is 0 Å². The first-order chi connectivity index (χ1) is 24.1. The summed E-state index contributed by atoms with van der Waals surface area (Å²) >= 11 is 0. The van der Waals surface area contributed by atoms with Gasteiger partial charge in [0.15, 0.2) is 5.58 Å². The van der Waals surface area contributed by atoms with Crippen LogP contribution in [0.15, 0.2) is 162 Å². The number of anilines is 3. The monoisotopic (exact) mass is 632 g/mol. The fourth-order valence-electron chi connectivity index (χ4n) is 7.47. The van der Waals surface area contributed by atoms with Gasteiger partial charge in [-0.25, -0.2) is 4.98 Å². The van der Waals surface area contributed by atoms with Gasteiger partial charge in [0.05, 0.1) is 0 Å². The second-order valence-corrected chi connectivity index (χ2v) is 13.4. The van der Waals surface area contributed by atoms with Gasteiger partial charge in [-0.15, -0.1) is 0 Å². The molecule has 0 saturated carbocycles. The molecule has 7 aromatic rings. The molecule has 2 atom stereocenters. The zero-order valence-electron chi connectivity index (χ0n) is 27.7. The predicted molar refractivity (Wildman–Crippen MR) is 206 cm³/mol. The Morgan fingerprint density at radius 2 is 1.35 bits per heavy atom. The molecule has 2 unspecified atom stereocenters. The number of rotatable bonds is 6. The lowest BCUT2D eigenvalue weighted by molar-refractivity contribution is 0.576. The second-order valence-electron chi connectivity index (χ2n) is 13.4. The minimum atomic E-state index is 0.380. The average Bonchev–Trinajstić information content (AvgIpc) is 3.78. The van der Waals surface area contributed by atoms with E-state index in [0.29, 0.717) is 17.7 Å². The molecule has 1 heterocycles. The zero-order valence-corrected chi connectivity index (χ0v) is 27.7. The molecule has 0 N–H and O–H groups in total. The van der Waals surface area contributed by atoms with Crippen LogP contribution in [0.5, 0.6) is 0 Å². The molecule has 9 rings (SSSR count). The van der Waals surface area contributed by atoms with Crippen LogP contribution < -0.4 is 4.90 Å². The van der Waals surface area contributed by atoms with Gasteiger partial charge in [0.2, 0.25) is 5.89 Å². The molecular weight excluding hydrogens is 597 g/mol. The van der Waals surface area contributed by atoms with Gasteiger partial charge < -0.3 is 9.32 Å². The van der Waals surface area contributed by atoms with Crippen LogP contribution in [-0.4, -0.2) is 4.98 Å². The third-order valence-corrected chi connectivity index (χ3v) is 9.98. The molecular formula is C46H36N2O. The van der Waals surface area contributed by atoms with E-state index in [1.165, 1.54) is 33.0 Å². The summed E-state index contributed by atoms with van der Waals surface area (Å²) in [5.41, 5.74) is 11.1. The first kappa shape index (κ1) is 29.2. The maximum atomic E-state index is 6.59. The van der Waals surface area contributed by atoms with Crippen LogP contribution in [0.1, 0.15) is 31.7 Å². The average molecular weight is 633 g/mol. The Morgan fingerprint density at radius 1 is 0.633 bits per heavy atom. The van der Waals surface area contributed by atoms with E-state index in [2.05, 4.69) is 177 Å². The highest BCUT2D eigenvalue weighted by Gasteiger charge is 2.20. The number of nitrogens with zero attached hydrogens (tertiary/aromatic N) is 2. The van der Waals surface area contributed by atoms with Crippen molar-refractivity contribution in [2.24, 2.45) is 11.8 Å². The summed E-state index contributed by atoms with van der Waals surface area (Å²) in [7, 11) is 0. The summed E-state index contributed by atoms with van der Waals surface area (Å²) in [5.74, 6) is 1.56. The summed E-state index contributed by atoms with van der Waals surface area (Å²) in [6.45, 7) is 4.49. The third kappa shape index (κ3) is 5.28. The topological polar surface area (TPSA) is 29.3 Å². The Kier molecular flexibility index (Phi) is 7.13. The number of hydrogen-bond donors (Lipinski definition) is 0. The maximum absolute atomic E-state index is 6.59. The number of oxazole rings is 1. The van der Waals surface area contributed by atoms with Crippen LogP contribution in [0, 0.1) is 11.8 Å². The van der Waals surface area contributed by atoms with Gasteiger partial charge >= 0.3 is 0 Å². The highest BCUT2D eigenvalue weighted by Crippen LogP contribution is 2.42. The SMILES string of the molecule is CC1C=CC=C(c2nc3ccc4ccc(N(c5cccc(C6=CC=CC6C)c5)c5cccc(-c6cccc7ccccc67)c5)cc4c3o2)C1. The van der Waals surface area contributed by atoms with E-state index in [0.717, 1.165) is 50.9 Å². The van der Waals surface area contributed by atoms with Crippen LogP contribution in [0.25, 0.3) is 54.9 Å². The van der Waals surface area contributed by atoms with E-state index in [1.807, 2.05) is 0 Å². The van der Waals surface area contributed by atoms with Crippen molar-refractivity contribution in [2.45, 2.75) is 20.3 Å². The maximum Gasteiger partial charge on any atom is 0.223 e. The molecule has 2 aliphatic rings. The van der Waals surface area contributed by atoms with Crippen molar-refractivity contribution in [1.29, 1.82) is 0 Å². The van der Waals surface area contributed by atoms with E-state index in [1.54, 1.807) is 0 Å². The molecule has 3 heteroatoms. The minimum Gasteiger partial charge on any atom is -0.436 e.